The van der Waals surface area contributed by atoms with E-state index in [1.54, 1.807) is 60.7 Å². The van der Waals surface area contributed by atoms with Crippen LogP contribution in [0.3, 0.4) is 0 Å². The number of ketones is 1. The Morgan fingerprint density at radius 3 is 2.26 bits per heavy atom. The van der Waals surface area contributed by atoms with Crippen LogP contribution in [0.4, 0.5) is 5.69 Å². The first-order chi connectivity index (χ1) is 18.3. The van der Waals surface area contributed by atoms with E-state index in [-0.39, 0.29) is 26.5 Å². The molecule has 8 nitrogen and oxygen atoms in total. The highest BCUT2D eigenvalue weighted by Gasteiger charge is 2.35. The Hall–Kier alpha value is -4.76. The number of carbonyl (C=O) groups excluding carboxylic acids is 3. The first-order valence-corrected chi connectivity index (χ1v) is 13.0. The lowest BCUT2D eigenvalue weighted by molar-refractivity contribution is -0.125. The Bertz CT molecular complexity index is 1680. The van der Waals surface area contributed by atoms with Crippen LogP contribution < -0.4 is 10.1 Å². The van der Waals surface area contributed by atoms with Crippen molar-refractivity contribution in [2.24, 2.45) is 0 Å². The molecule has 1 aliphatic rings. The number of rotatable bonds is 6. The van der Waals surface area contributed by atoms with Crippen LogP contribution in [0.1, 0.15) is 37.9 Å². The van der Waals surface area contributed by atoms with E-state index in [9.17, 15) is 22.8 Å². The quantitative estimate of drug-likeness (QED) is 0.321. The van der Waals surface area contributed by atoms with Gasteiger partial charge in [-0.25, -0.2) is 13.2 Å². The molecule has 1 atom stereocenters. The average Bonchev–Trinajstić information content (AvgIpc) is 2.95. The second-order valence-corrected chi connectivity index (χ2v) is 10.3. The summed E-state index contributed by atoms with van der Waals surface area (Å²) in [5.74, 6) is -1.47. The van der Waals surface area contributed by atoms with Gasteiger partial charge in [0, 0.05) is 28.4 Å². The van der Waals surface area contributed by atoms with E-state index in [4.69, 9.17) is 9.47 Å². The lowest BCUT2D eigenvalue weighted by atomic mass is 10.0. The van der Waals surface area contributed by atoms with Gasteiger partial charge >= 0.3 is 5.97 Å². The monoisotopic (exact) mass is 527 g/mol. The number of esters is 1. The number of hydrogen-bond acceptors (Lipinski definition) is 7. The second-order valence-electron chi connectivity index (χ2n) is 8.46. The van der Waals surface area contributed by atoms with Gasteiger partial charge in [-0.05, 0) is 42.5 Å². The fourth-order valence-electron chi connectivity index (χ4n) is 4.20. The third-order valence-corrected chi connectivity index (χ3v) is 7.93. The summed E-state index contributed by atoms with van der Waals surface area (Å²) >= 11 is 0. The number of hydrogen-bond donors (Lipinski definition) is 1. The number of ether oxygens (including phenoxy) is 2. The summed E-state index contributed by atoms with van der Waals surface area (Å²) in [6.45, 7) is 0. The molecule has 190 valence electrons. The zero-order valence-corrected chi connectivity index (χ0v) is 20.9. The van der Waals surface area contributed by atoms with E-state index in [2.05, 4.69) is 5.32 Å². The van der Waals surface area contributed by atoms with E-state index in [0.29, 0.717) is 17.0 Å². The normalized spacial score (nSPS) is 14.0. The number of sulfone groups is 1. The van der Waals surface area contributed by atoms with Crippen LogP contribution >= 0.6 is 0 Å². The fraction of sp³-hybridized carbons (Fsp3) is 0.0690. The summed E-state index contributed by atoms with van der Waals surface area (Å²) in [5, 5.41) is 2.72. The van der Waals surface area contributed by atoms with Crippen LogP contribution in [0.25, 0.3) is 0 Å². The van der Waals surface area contributed by atoms with Crippen LogP contribution in [-0.2, 0) is 19.4 Å². The van der Waals surface area contributed by atoms with Crippen LogP contribution in [0, 0.1) is 0 Å². The highest BCUT2D eigenvalue weighted by atomic mass is 32.2. The molecular formula is C29H21NO7S. The number of fused-ring (bicyclic) bond motifs is 2. The Morgan fingerprint density at radius 2 is 1.50 bits per heavy atom. The van der Waals surface area contributed by atoms with Gasteiger partial charge in [-0.3, -0.25) is 9.59 Å². The van der Waals surface area contributed by atoms with Crippen molar-refractivity contribution in [3.05, 3.63) is 119 Å². The van der Waals surface area contributed by atoms with Crippen molar-refractivity contribution in [2.75, 3.05) is 12.4 Å². The van der Waals surface area contributed by atoms with Gasteiger partial charge < -0.3 is 14.8 Å². The number of anilines is 1. The van der Waals surface area contributed by atoms with Crippen molar-refractivity contribution >= 4 is 33.2 Å². The highest BCUT2D eigenvalue weighted by molar-refractivity contribution is 7.91. The maximum absolute atomic E-state index is 13.2. The predicted octanol–water partition coefficient (Wildman–Crippen LogP) is 4.61. The number of methoxy groups -OCH3 is 1. The third-order valence-electron chi connectivity index (χ3n) is 6.08. The molecule has 0 aliphatic carbocycles. The van der Waals surface area contributed by atoms with E-state index in [1.807, 2.05) is 0 Å². The van der Waals surface area contributed by atoms with Crippen molar-refractivity contribution < 1.29 is 32.3 Å². The zero-order chi connectivity index (χ0) is 26.9. The molecule has 9 heteroatoms. The van der Waals surface area contributed by atoms with E-state index in [0.717, 1.165) is 6.07 Å². The Morgan fingerprint density at radius 1 is 0.789 bits per heavy atom. The van der Waals surface area contributed by atoms with Crippen molar-refractivity contribution in [3.63, 3.8) is 0 Å². The number of benzene rings is 4. The summed E-state index contributed by atoms with van der Waals surface area (Å²) in [7, 11) is -2.55. The summed E-state index contributed by atoms with van der Waals surface area (Å²) in [6, 6.07) is 24.7. The molecule has 5 rings (SSSR count). The van der Waals surface area contributed by atoms with Gasteiger partial charge in [-0.2, -0.15) is 0 Å². The average molecular weight is 528 g/mol. The van der Waals surface area contributed by atoms with Crippen LogP contribution in [0.5, 0.6) is 5.75 Å². The SMILES string of the molecule is COc1cccc(NC(=O)C(OC(=O)c2ccc3c(c2)S(=O)(=O)c2ccccc2C3=O)c2ccccc2)c1. The minimum absolute atomic E-state index is 0.0318. The minimum Gasteiger partial charge on any atom is -0.497 e. The Kier molecular flexibility index (Phi) is 6.52. The van der Waals surface area contributed by atoms with Crippen LogP contribution in [0.2, 0.25) is 0 Å². The summed E-state index contributed by atoms with van der Waals surface area (Å²) in [6.07, 6.45) is -1.34. The molecule has 4 aromatic carbocycles. The Balaban J connectivity index is 1.46. The van der Waals surface area contributed by atoms with Gasteiger partial charge in [-0.15, -0.1) is 0 Å². The lowest BCUT2D eigenvalue weighted by Crippen LogP contribution is -2.26. The number of carbonyl (C=O) groups is 3. The molecule has 0 radical (unpaired) electrons. The molecule has 0 spiro atoms. The molecule has 0 fully saturated rings. The standard InChI is InChI=1S/C29H21NO7S/c1-36-21-11-7-10-20(17-21)30-28(32)27(18-8-3-2-4-9-18)37-29(33)19-14-15-23-25(16-19)38(34,35)24-13-6-5-12-22(24)26(23)31/h2-17,27H,1H3,(H,30,32). The van der Waals surface area contributed by atoms with Gasteiger partial charge in [0.25, 0.3) is 5.91 Å². The zero-order valence-electron chi connectivity index (χ0n) is 20.1. The molecule has 0 saturated carbocycles. The Labute approximate surface area is 218 Å². The second kappa shape index (κ2) is 9.95. The first kappa shape index (κ1) is 24.9. The van der Waals surface area contributed by atoms with Crippen molar-refractivity contribution in [3.8, 4) is 5.75 Å². The van der Waals surface area contributed by atoms with E-state index in [1.165, 1.54) is 37.4 Å². The topological polar surface area (TPSA) is 116 Å². The highest BCUT2D eigenvalue weighted by Crippen LogP contribution is 2.35. The molecule has 0 saturated heterocycles. The third kappa shape index (κ3) is 4.55. The smallest absolute Gasteiger partial charge is 0.339 e. The van der Waals surface area contributed by atoms with E-state index < -0.39 is 33.6 Å². The van der Waals surface area contributed by atoms with Gasteiger partial charge in [0.2, 0.25) is 15.9 Å². The molecular weight excluding hydrogens is 506 g/mol. The number of nitrogens with one attached hydrogen (secondary N) is 1. The van der Waals surface area contributed by atoms with Gasteiger partial charge in [0.05, 0.1) is 22.5 Å². The molecule has 0 aromatic heterocycles. The van der Waals surface area contributed by atoms with Gasteiger partial charge in [0.15, 0.2) is 5.78 Å². The summed E-state index contributed by atoms with van der Waals surface area (Å²) < 4.78 is 37.3. The van der Waals surface area contributed by atoms with Crippen molar-refractivity contribution in [2.45, 2.75) is 15.9 Å². The van der Waals surface area contributed by atoms with Crippen LogP contribution in [-0.4, -0.2) is 33.2 Å². The molecule has 1 amide bonds. The number of amides is 1. The first-order valence-electron chi connectivity index (χ1n) is 11.5. The van der Waals surface area contributed by atoms with Gasteiger partial charge in [-0.1, -0.05) is 48.5 Å². The lowest BCUT2D eigenvalue weighted by Gasteiger charge is -2.20. The van der Waals surface area contributed by atoms with Crippen LogP contribution in [0.15, 0.2) is 107 Å². The minimum atomic E-state index is -4.05. The molecule has 4 aromatic rings. The maximum Gasteiger partial charge on any atom is 0.339 e. The van der Waals surface area contributed by atoms with Gasteiger partial charge in [0.1, 0.15) is 5.75 Å². The van der Waals surface area contributed by atoms with Crippen molar-refractivity contribution in [1.29, 1.82) is 0 Å². The maximum atomic E-state index is 13.2. The molecule has 0 bridgehead atoms. The molecule has 1 heterocycles. The summed E-state index contributed by atoms with van der Waals surface area (Å²) in [5.41, 5.74) is 0.776. The molecule has 1 aliphatic heterocycles. The van der Waals surface area contributed by atoms with Crippen molar-refractivity contribution in [1.82, 2.24) is 0 Å². The molecule has 38 heavy (non-hydrogen) atoms. The van der Waals surface area contributed by atoms with E-state index >= 15 is 0 Å². The predicted molar refractivity (Wildman–Crippen MR) is 138 cm³/mol. The molecule has 1 unspecified atom stereocenters. The summed E-state index contributed by atoms with van der Waals surface area (Å²) in [4.78, 5) is 38.9. The fourth-order valence-corrected chi connectivity index (χ4v) is 5.87. The largest absolute Gasteiger partial charge is 0.497 e. The molecule has 1 N–H and O–H groups in total.